The maximum absolute atomic E-state index is 13.0. The Kier molecular flexibility index (Phi) is 4.40. The second-order valence-electron chi connectivity index (χ2n) is 4.41. The van der Waals surface area contributed by atoms with Crippen LogP contribution < -0.4 is 10.2 Å². The van der Waals surface area contributed by atoms with E-state index in [4.69, 9.17) is 0 Å². The average Bonchev–Trinajstić information content (AvgIpc) is 2.31. The van der Waals surface area contributed by atoms with E-state index in [0.717, 1.165) is 42.6 Å². The molecule has 94 valence electrons. The number of anilines is 1. The molecule has 2 nitrogen and oxygen atoms in total. The molecule has 2 rings (SSSR count). The predicted octanol–water partition coefficient (Wildman–Crippen LogP) is 3.17. The first-order valence-corrected chi connectivity index (χ1v) is 6.93. The van der Waals surface area contributed by atoms with Crippen LogP contribution in [0.1, 0.15) is 19.8 Å². The largest absolute Gasteiger partial charge is 0.371 e. The summed E-state index contributed by atoms with van der Waals surface area (Å²) in [5, 5.41) is 3.48. The lowest BCUT2D eigenvalue weighted by molar-refractivity contribution is 0.423. The minimum Gasteiger partial charge on any atom is -0.371 e. The third-order valence-electron chi connectivity index (χ3n) is 3.24. The lowest BCUT2D eigenvalue weighted by atomic mass is 10.0. The van der Waals surface area contributed by atoms with Crippen molar-refractivity contribution in [2.45, 2.75) is 25.8 Å². The molecule has 0 atom stereocenters. The summed E-state index contributed by atoms with van der Waals surface area (Å²) in [5.74, 6) is -0.192. The molecule has 0 radical (unpaired) electrons. The van der Waals surface area contributed by atoms with E-state index in [1.807, 2.05) is 6.07 Å². The summed E-state index contributed by atoms with van der Waals surface area (Å²) in [6, 6.07) is 5.55. The minimum absolute atomic E-state index is 0.192. The highest BCUT2D eigenvalue weighted by molar-refractivity contribution is 9.10. The molecule has 1 N–H and O–H groups in total. The zero-order valence-corrected chi connectivity index (χ0v) is 11.6. The van der Waals surface area contributed by atoms with Crippen LogP contribution in [-0.4, -0.2) is 25.7 Å². The Morgan fingerprint density at radius 2 is 2.12 bits per heavy atom. The van der Waals surface area contributed by atoms with Gasteiger partial charge in [-0.1, -0.05) is 6.92 Å². The number of hydrogen-bond donors (Lipinski definition) is 1. The van der Waals surface area contributed by atoms with Crippen LogP contribution in [0.2, 0.25) is 0 Å². The first-order chi connectivity index (χ1) is 8.20. The number of nitrogens with one attached hydrogen (secondary N) is 1. The highest BCUT2D eigenvalue weighted by Crippen LogP contribution is 2.29. The molecule has 0 saturated carbocycles. The van der Waals surface area contributed by atoms with E-state index in [0.29, 0.717) is 6.04 Å². The van der Waals surface area contributed by atoms with Crippen molar-refractivity contribution in [1.29, 1.82) is 0 Å². The number of halogens is 2. The van der Waals surface area contributed by atoms with Crippen molar-refractivity contribution >= 4 is 21.6 Å². The van der Waals surface area contributed by atoms with Crippen LogP contribution >= 0.6 is 15.9 Å². The van der Waals surface area contributed by atoms with E-state index >= 15 is 0 Å². The summed E-state index contributed by atoms with van der Waals surface area (Å²) in [4.78, 5) is 2.32. The Morgan fingerprint density at radius 3 is 2.71 bits per heavy atom. The second-order valence-corrected chi connectivity index (χ2v) is 5.27. The zero-order chi connectivity index (χ0) is 12.3. The zero-order valence-electron chi connectivity index (χ0n) is 10.0. The Balaban J connectivity index is 2.00. The number of hydrogen-bond acceptors (Lipinski definition) is 2. The summed E-state index contributed by atoms with van der Waals surface area (Å²) in [6.45, 7) is 5.23. The third kappa shape index (κ3) is 3.19. The first kappa shape index (κ1) is 12.8. The van der Waals surface area contributed by atoms with E-state index in [1.165, 1.54) is 12.1 Å². The Bertz CT molecular complexity index is 376. The summed E-state index contributed by atoms with van der Waals surface area (Å²) in [5.41, 5.74) is 1.10. The lowest BCUT2D eigenvalue weighted by Gasteiger charge is -2.34. The molecule has 1 heterocycles. The molecule has 0 aliphatic carbocycles. The minimum atomic E-state index is -0.192. The molecule has 0 amide bonds. The number of piperidine rings is 1. The van der Waals surface area contributed by atoms with Gasteiger partial charge in [0, 0.05) is 23.6 Å². The van der Waals surface area contributed by atoms with Gasteiger partial charge in [-0.15, -0.1) is 0 Å². The number of rotatable bonds is 3. The van der Waals surface area contributed by atoms with Crippen LogP contribution in [0.4, 0.5) is 10.1 Å². The van der Waals surface area contributed by atoms with Crippen molar-refractivity contribution in [2.75, 3.05) is 24.5 Å². The summed E-state index contributed by atoms with van der Waals surface area (Å²) in [7, 11) is 0. The molecule has 1 aromatic carbocycles. The van der Waals surface area contributed by atoms with Gasteiger partial charge in [-0.05, 0) is 53.5 Å². The Morgan fingerprint density at radius 1 is 1.41 bits per heavy atom. The standard InChI is InChI=1S/C13H18BrFN2/c1-2-16-11-5-7-17(8-6-11)13-4-3-10(15)9-12(13)14/h3-4,9,11,16H,2,5-8H2,1H3. The van der Waals surface area contributed by atoms with E-state index in [1.54, 1.807) is 0 Å². The monoisotopic (exact) mass is 300 g/mol. The van der Waals surface area contributed by atoms with Crippen molar-refractivity contribution in [2.24, 2.45) is 0 Å². The SMILES string of the molecule is CCNC1CCN(c2ccc(F)cc2Br)CC1. The molecule has 4 heteroatoms. The molecular weight excluding hydrogens is 283 g/mol. The van der Waals surface area contributed by atoms with Crippen molar-refractivity contribution in [1.82, 2.24) is 5.32 Å². The molecule has 1 aromatic rings. The van der Waals surface area contributed by atoms with Gasteiger partial charge in [-0.2, -0.15) is 0 Å². The highest BCUT2D eigenvalue weighted by atomic mass is 79.9. The highest BCUT2D eigenvalue weighted by Gasteiger charge is 2.19. The molecule has 1 aliphatic heterocycles. The van der Waals surface area contributed by atoms with Crippen LogP contribution in [0.15, 0.2) is 22.7 Å². The van der Waals surface area contributed by atoms with E-state index in [-0.39, 0.29) is 5.82 Å². The van der Waals surface area contributed by atoms with Gasteiger partial charge >= 0.3 is 0 Å². The van der Waals surface area contributed by atoms with Crippen molar-refractivity contribution in [3.63, 3.8) is 0 Å². The van der Waals surface area contributed by atoms with E-state index in [9.17, 15) is 4.39 Å². The molecule has 0 spiro atoms. The van der Waals surface area contributed by atoms with Crippen molar-refractivity contribution < 1.29 is 4.39 Å². The second kappa shape index (κ2) is 5.83. The molecule has 0 aromatic heterocycles. The average molecular weight is 301 g/mol. The molecule has 1 saturated heterocycles. The van der Waals surface area contributed by atoms with Crippen LogP contribution in [0.25, 0.3) is 0 Å². The van der Waals surface area contributed by atoms with Gasteiger partial charge in [-0.25, -0.2) is 4.39 Å². The normalized spacial score (nSPS) is 17.5. The topological polar surface area (TPSA) is 15.3 Å². The molecule has 1 fully saturated rings. The maximum atomic E-state index is 13.0. The first-order valence-electron chi connectivity index (χ1n) is 6.14. The molecule has 0 bridgehead atoms. The summed E-state index contributed by atoms with van der Waals surface area (Å²) >= 11 is 3.43. The van der Waals surface area contributed by atoms with Gasteiger partial charge in [0.1, 0.15) is 5.82 Å². The lowest BCUT2D eigenvalue weighted by Crippen LogP contribution is -2.42. The Labute approximate surface area is 110 Å². The van der Waals surface area contributed by atoms with Crippen LogP contribution in [-0.2, 0) is 0 Å². The molecule has 0 unspecified atom stereocenters. The molecule has 17 heavy (non-hydrogen) atoms. The fraction of sp³-hybridized carbons (Fsp3) is 0.538. The summed E-state index contributed by atoms with van der Waals surface area (Å²) < 4.78 is 13.9. The van der Waals surface area contributed by atoms with Crippen molar-refractivity contribution in [3.05, 3.63) is 28.5 Å². The van der Waals surface area contributed by atoms with Crippen LogP contribution in [0.5, 0.6) is 0 Å². The van der Waals surface area contributed by atoms with Crippen LogP contribution in [0, 0.1) is 5.82 Å². The van der Waals surface area contributed by atoms with Gasteiger partial charge in [0.05, 0.1) is 5.69 Å². The molecular formula is C13H18BrFN2. The van der Waals surface area contributed by atoms with Crippen LogP contribution in [0.3, 0.4) is 0 Å². The van der Waals surface area contributed by atoms with Gasteiger partial charge in [0.15, 0.2) is 0 Å². The quantitative estimate of drug-likeness (QED) is 0.922. The van der Waals surface area contributed by atoms with Gasteiger partial charge in [-0.3, -0.25) is 0 Å². The maximum Gasteiger partial charge on any atom is 0.124 e. The smallest absolute Gasteiger partial charge is 0.124 e. The Hall–Kier alpha value is -0.610. The summed E-state index contributed by atoms with van der Waals surface area (Å²) in [6.07, 6.45) is 2.30. The van der Waals surface area contributed by atoms with Gasteiger partial charge < -0.3 is 10.2 Å². The fourth-order valence-corrected chi connectivity index (χ4v) is 2.95. The number of benzene rings is 1. The number of nitrogens with zero attached hydrogens (tertiary/aromatic N) is 1. The van der Waals surface area contributed by atoms with Gasteiger partial charge in [0.25, 0.3) is 0 Å². The van der Waals surface area contributed by atoms with E-state index < -0.39 is 0 Å². The van der Waals surface area contributed by atoms with E-state index in [2.05, 4.69) is 33.1 Å². The molecule has 1 aliphatic rings. The van der Waals surface area contributed by atoms with Gasteiger partial charge in [0.2, 0.25) is 0 Å². The predicted molar refractivity (Wildman–Crippen MR) is 73.0 cm³/mol. The third-order valence-corrected chi connectivity index (χ3v) is 3.87. The fourth-order valence-electron chi connectivity index (χ4n) is 2.35. The van der Waals surface area contributed by atoms with Crippen molar-refractivity contribution in [3.8, 4) is 0 Å².